The van der Waals surface area contributed by atoms with E-state index in [1.54, 1.807) is 0 Å². The van der Waals surface area contributed by atoms with E-state index in [-0.39, 0.29) is 30.5 Å². The Morgan fingerprint density at radius 3 is 2.09 bits per heavy atom. The van der Waals surface area contributed by atoms with E-state index in [0.717, 1.165) is 0 Å². The summed E-state index contributed by atoms with van der Waals surface area (Å²) in [5.74, 6) is -1.15. The highest BCUT2D eigenvalue weighted by Gasteiger charge is 2.36. The number of carboxylic acids is 1. The summed E-state index contributed by atoms with van der Waals surface area (Å²) in [5, 5.41) is 8.66. The van der Waals surface area contributed by atoms with Crippen LogP contribution in [-0.4, -0.2) is 51.8 Å². The predicted octanol–water partition coefficient (Wildman–Crippen LogP) is 3.21. The number of carboxylic acid groups (broad SMARTS) is 1. The topological polar surface area (TPSA) is 82.1 Å². The van der Waals surface area contributed by atoms with Gasteiger partial charge >= 0.3 is 11.9 Å². The maximum atomic E-state index is 11.4. The van der Waals surface area contributed by atoms with E-state index in [1.807, 2.05) is 0 Å². The molecule has 136 valence electrons. The van der Waals surface area contributed by atoms with Crippen LogP contribution >= 0.6 is 0 Å². The van der Waals surface area contributed by atoms with E-state index >= 15 is 0 Å². The molecule has 0 aromatic heterocycles. The first-order valence-corrected chi connectivity index (χ1v) is 11.1. The SMILES string of the molecule is CC(C)(C)[Si](C)(C)OCCOCCOC(=O)CCCCC(=O)O. The fourth-order valence-electron chi connectivity index (χ4n) is 1.51. The van der Waals surface area contributed by atoms with Gasteiger partial charge in [0.05, 0.1) is 19.8 Å². The predicted molar refractivity (Wildman–Crippen MR) is 91.0 cm³/mol. The van der Waals surface area contributed by atoms with Gasteiger partial charge in [-0.3, -0.25) is 9.59 Å². The smallest absolute Gasteiger partial charge is 0.305 e. The second kappa shape index (κ2) is 10.8. The Bertz CT molecular complexity index is 362. The Morgan fingerprint density at radius 2 is 1.52 bits per heavy atom. The summed E-state index contributed by atoms with van der Waals surface area (Å²) in [6.45, 7) is 12.6. The number of hydrogen-bond donors (Lipinski definition) is 1. The zero-order chi connectivity index (χ0) is 17.9. The lowest BCUT2D eigenvalue weighted by Crippen LogP contribution is -2.41. The van der Waals surface area contributed by atoms with Gasteiger partial charge in [0, 0.05) is 12.8 Å². The summed E-state index contributed by atoms with van der Waals surface area (Å²) < 4.78 is 16.4. The van der Waals surface area contributed by atoms with Gasteiger partial charge in [0.15, 0.2) is 8.32 Å². The third kappa shape index (κ3) is 11.3. The van der Waals surface area contributed by atoms with Crippen molar-refractivity contribution in [1.29, 1.82) is 0 Å². The van der Waals surface area contributed by atoms with Crippen LogP contribution in [0, 0.1) is 0 Å². The third-order valence-corrected chi connectivity index (χ3v) is 8.55. The number of carbonyl (C=O) groups excluding carboxylic acids is 1. The summed E-state index contributed by atoms with van der Waals surface area (Å²) in [6.07, 6.45) is 1.37. The first kappa shape index (κ1) is 22.1. The van der Waals surface area contributed by atoms with Crippen LogP contribution in [0.4, 0.5) is 0 Å². The lowest BCUT2D eigenvalue weighted by atomic mass is 10.2. The van der Waals surface area contributed by atoms with Gasteiger partial charge in [-0.15, -0.1) is 0 Å². The molecule has 0 saturated carbocycles. The van der Waals surface area contributed by atoms with Crippen LogP contribution in [0.25, 0.3) is 0 Å². The number of carbonyl (C=O) groups is 2. The molecule has 0 unspecified atom stereocenters. The van der Waals surface area contributed by atoms with E-state index < -0.39 is 14.3 Å². The molecule has 0 amide bonds. The van der Waals surface area contributed by atoms with Crippen molar-refractivity contribution in [2.75, 3.05) is 26.4 Å². The normalized spacial score (nSPS) is 12.2. The Hall–Kier alpha value is -0.923. The molecule has 7 heteroatoms. The first-order chi connectivity index (χ1) is 10.6. The summed E-state index contributed by atoms with van der Waals surface area (Å²) in [6, 6.07) is 0. The lowest BCUT2D eigenvalue weighted by Gasteiger charge is -2.36. The van der Waals surface area contributed by atoms with Crippen molar-refractivity contribution in [2.24, 2.45) is 0 Å². The van der Waals surface area contributed by atoms with Gasteiger partial charge in [-0.2, -0.15) is 0 Å². The van der Waals surface area contributed by atoms with Gasteiger partial charge < -0.3 is 19.0 Å². The van der Waals surface area contributed by atoms with E-state index in [2.05, 4.69) is 33.9 Å². The summed E-state index contributed by atoms with van der Waals surface area (Å²) in [4.78, 5) is 21.7. The monoisotopic (exact) mass is 348 g/mol. The van der Waals surface area contributed by atoms with Gasteiger partial charge in [0.2, 0.25) is 0 Å². The van der Waals surface area contributed by atoms with E-state index in [0.29, 0.717) is 32.7 Å². The van der Waals surface area contributed by atoms with E-state index in [1.165, 1.54) is 0 Å². The molecule has 0 radical (unpaired) electrons. The number of rotatable bonds is 12. The van der Waals surface area contributed by atoms with Crippen molar-refractivity contribution in [3.8, 4) is 0 Å². The molecular formula is C16H32O6Si. The van der Waals surface area contributed by atoms with Crippen LogP contribution in [-0.2, 0) is 23.5 Å². The van der Waals surface area contributed by atoms with Gasteiger partial charge in [-0.05, 0) is 31.0 Å². The number of unbranched alkanes of at least 4 members (excludes halogenated alkanes) is 1. The number of aliphatic carboxylic acids is 1. The number of esters is 1. The maximum absolute atomic E-state index is 11.4. The molecule has 0 aromatic rings. The summed E-state index contributed by atoms with van der Waals surface area (Å²) in [7, 11) is -1.73. The van der Waals surface area contributed by atoms with Gasteiger partial charge in [0.25, 0.3) is 0 Å². The van der Waals surface area contributed by atoms with Crippen molar-refractivity contribution < 1.29 is 28.6 Å². The molecular weight excluding hydrogens is 316 g/mol. The lowest BCUT2D eigenvalue weighted by molar-refractivity contribution is -0.145. The van der Waals surface area contributed by atoms with Crippen LogP contribution < -0.4 is 0 Å². The Morgan fingerprint density at radius 1 is 0.957 bits per heavy atom. The van der Waals surface area contributed by atoms with Crippen LogP contribution in [0.15, 0.2) is 0 Å². The molecule has 0 bridgehead atoms. The molecule has 0 aliphatic rings. The molecule has 0 aliphatic carbocycles. The highest BCUT2D eigenvalue weighted by atomic mass is 28.4. The molecule has 6 nitrogen and oxygen atoms in total. The second-order valence-electron chi connectivity index (χ2n) is 7.04. The summed E-state index contributed by atoms with van der Waals surface area (Å²) in [5.41, 5.74) is 0. The van der Waals surface area contributed by atoms with Gasteiger partial charge in [-0.1, -0.05) is 20.8 Å². The van der Waals surface area contributed by atoms with Crippen LogP contribution in [0.1, 0.15) is 46.5 Å². The molecule has 0 aliphatic heterocycles. The van der Waals surface area contributed by atoms with Crippen LogP contribution in [0.2, 0.25) is 18.1 Å². The Labute approximate surface area is 140 Å². The number of hydrogen-bond acceptors (Lipinski definition) is 5. The third-order valence-electron chi connectivity index (χ3n) is 4.01. The fourth-order valence-corrected chi connectivity index (χ4v) is 2.53. The van der Waals surface area contributed by atoms with Crippen LogP contribution in [0.3, 0.4) is 0 Å². The highest BCUT2D eigenvalue weighted by Crippen LogP contribution is 2.36. The van der Waals surface area contributed by atoms with Crippen molar-refractivity contribution in [3.05, 3.63) is 0 Å². The zero-order valence-electron chi connectivity index (χ0n) is 15.1. The standard InChI is InChI=1S/C16H32O6Si/c1-16(2,3)23(4,5)22-13-11-20-10-12-21-15(19)9-7-6-8-14(17)18/h6-13H2,1-5H3,(H,17,18). The second-order valence-corrected chi connectivity index (χ2v) is 11.9. The molecule has 23 heavy (non-hydrogen) atoms. The first-order valence-electron chi connectivity index (χ1n) is 8.15. The van der Waals surface area contributed by atoms with E-state index in [9.17, 15) is 9.59 Å². The molecule has 0 aromatic carbocycles. The minimum atomic E-state index is -1.73. The maximum Gasteiger partial charge on any atom is 0.305 e. The largest absolute Gasteiger partial charge is 0.481 e. The summed E-state index contributed by atoms with van der Waals surface area (Å²) >= 11 is 0. The number of ether oxygens (including phenoxy) is 2. The molecule has 0 saturated heterocycles. The van der Waals surface area contributed by atoms with Gasteiger partial charge in [0.1, 0.15) is 6.61 Å². The average molecular weight is 349 g/mol. The van der Waals surface area contributed by atoms with Crippen molar-refractivity contribution in [3.63, 3.8) is 0 Å². The molecule has 0 heterocycles. The average Bonchev–Trinajstić information content (AvgIpc) is 2.41. The van der Waals surface area contributed by atoms with Gasteiger partial charge in [-0.25, -0.2) is 0 Å². The zero-order valence-corrected chi connectivity index (χ0v) is 16.1. The molecule has 1 N–H and O–H groups in total. The van der Waals surface area contributed by atoms with Crippen LogP contribution in [0.5, 0.6) is 0 Å². The van der Waals surface area contributed by atoms with Crippen molar-refractivity contribution >= 4 is 20.3 Å². The minimum Gasteiger partial charge on any atom is -0.481 e. The van der Waals surface area contributed by atoms with E-state index in [4.69, 9.17) is 19.0 Å². The minimum absolute atomic E-state index is 0.0879. The molecule has 0 fully saturated rings. The fraction of sp³-hybridized carbons (Fsp3) is 0.875. The van der Waals surface area contributed by atoms with Crippen molar-refractivity contribution in [1.82, 2.24) is 0 Å². The quantitative estimate of drug-likeness (QED) is 0.331. The highest BCUT2D eigenvalue weighted by molar-refractivity contribution is 6.74. The molecule has 0 spiro atoms. The Kier molecular flexibility index (Phi) is 10.3. The molecule has 0 rings (SSSR count). The molecule has 0 atom stereocenters. The van der Waals surface area contributed by atoms with Crippen molar-refractivity contribution in [2.45, 2.75) is 64.6 Å². The Balaban J connectivity index is 3.52.